The molecule has 14 heteroatoms. The van der Waals surface area contributed by atoms with Gasteiger partial charge in [-0.3, -0.25) is 13.9 Å². The zero-order valence-electron chi connectivity index (χ0n) is 33.7. The number of amides is 2. The molecule has 6 rings (SSSR count). The van der Waals surface area contributed by atoms with E-state index in [0.717, 1.165) is 0 Å². The van der Waals surface area contributed by atoms with E-state index in [4.69, 9.17) is 23.7 Å². The van der Waals surface area contributed by atoms with Gasteiger partial charge in [-0.25, -0.2) is 24.0 Å². The predicted octanol–water partition coefficient (Wildman–Crippen LogP) is 8.22. The van der Waals surface area contributed by atoms with E-state index < -0.39 is 77.4 Å². The first-order valence-corrected chi connectivity index (χ1v) is 18.5. The van der Waals surface area contributed by atoms with Crippen molar-refractivity contribution in [3.8, 4) is 11.1 Å². The first-order chi connectivity index (χ1) is 26.6. The molecule has 2 amide bonds. The van der Waals surface area contributed by atoms with E-state index in [1.807, 2.05) is 0 Å². The molecule has 0 saturated carbocycles. The van der Waals surface area contributed by atoms with Gasteiger partial charge in [0.1, 0.15) is 28.9 Å². The molecule has 2 aliphatic rings. The Kier molecular flexibility index (Phi) is 10.5. The van der Waals surface area contributed by atoms with Gasteiger partial charge in [0.05, 0.1) is 29.6 Å². The molecule has 1 aliphatic heterocycles. The molecule has 3 heterocycles. The Morgan fingerprint density at radius 3 is 2.04 bits per heavy atom. The van der Waals surface area contributed by atoms with Gasteiger partial charge in [0.25, 0.3) is 0 Å². The number of allylic oxidation sites excluding steroid dienone is 2. The van der Waals surface area contributed by atoms with Gasteiger partial charge in [-0.05, 0) is 97.7 Å². The summed E-state index contributed by atoms with van der Waals surface area (Å²) < 4.78 is 31.0. The van der Waals surface area contributed by atoms with Crippen LogP contribution < -0.4 is 0 Å². The number of hydrogen-bond donors (Lipinski definition) is 0. The highest BCUT2D eigenvalue weighted by Gasteiger charge is 2.44. The van der Waals surface area contributed by atoms with Crippen molar-refractivity contribution in [1.29, 1.82) is 0 Å². The molecule has 2 unspecified atom stereocenters. The van der Waals surface area contributed by atoms with Crippen LogP contribution in [-0.4, -0.2) is 86.2 Å². The smallest absolute Gasteiger partial charge is 0.420 e. The van der Waals surface area contributed by atoms with Crippen molar-refractivity contribution in [2.75, 3.05) is 7.11 Å². The van der Waals surface area contributed by atoms with Crippen LogP contribution in [0.25, 0.3) is 32.9 Å². The van der Waals surface area contributed by atoms with Crippen LogP contribution in [0.5, 0.6) is 0 Å². The number of imide groups is 1. The topological polar surface area (TPSA) is 162 Å². The van der Waals surface area contributed by atoms with Crippen LogP contribution in [0.1, 0.15) is 83.0 Å². The molecular weight excluding hydrogens is 734 g/mol. The molecule has 0 bridgehead atoms. The number of nitrogens with zero attached hydrogens (tertiary/aromatic N) is 3. The number of methoxy groups -OCH3 is 1. The highest BCUT2D eigenvalue weighted by Crippen LogP contribution is 2.40. The van der Waals surface area contributed by atoms with Crippen molar-refractivity contribution in [2.45, 2.75) is 97.7 Å². The standard InChI is InChI=1S/C43H47N3O11/c1-41(2,3)55-38(50)45-23-24-22-31(46(39(51)56-42(4,5)6)40(52)57-43(7,8)9)37(49)54-32-17-12-11-14-29(32)35(47)44-21-20-27-28(36(48)53-10)19-18-26(34(27)44)25-15-13-16-30(45)33(24)25/h11-21,23,29,31-32H,22H2,1-10H3/t29?,31-,32?/m1/s1. The van der Waals surface area contributed by atoms with Crippen LogP contribution >= 0.6 is 0 Å². The van der Waals surface area contributed by atoms with Crippen molar-refractivity contribution in [3.05, 3.63) is 84.2 Å². The minimum Gasteiger partial charge on any atom is -0.465 e. The number of rotatable bonds is 2. The summed E-state index contributed by atoms with van der Waals surface area (Å²) in [5.74, 6) is -3.24. The van der Waals surface area contributed by atoms with Gasteiger partial charge in [0.15, 0.2) is 0 Å². The van der Waals surface area contributed by atoms with Crippen LogP contribution in [0, 0.1) is 5.92 Å². The van der Waals surface area contributed by atoms with Crippen LogP contribution in [0.4, 0.5) is 14.4 Å². The number of carbonyl (C=O) groups excluding carboxylic acids is 6. The van der Waals surface area contributed by atoms with E-state index in [9.17, 15) is 28.8 Å². The van der Waals surface area contributed by atoms with Gasteiger partial charge in [0.2, 0.25) is 5.91 Å². The Labute approximate surface area is 329 Å². The third kappa shape index (κ3) is 8.21. The lowest BCUT2D eigenvalue weighted by molar-refractivity contribution is -0.154. The van der Waals surface area contributed by atoms with Crippen molar-refractivity contribution in [1.82, 2.24) is 14.0 Å². The summed E-state index contributed by atoms with van der Waals surface area (Å²) in [5.41, 5.74) is -0.851. The van der Waals surface area contributed by atoms with Gasteiger partial charge in [0, 0.05) is 35.2 Å². The van der Waals surface area contributed by atoms with E-state index in [1.165, 1.54) is 34.7 Å². The van der Waals surface area contributed by atoms with E-state index in [-0.39, 0.29) is 5.56 Å². The summed E-state index contributed by atoms with van der Waals surface area (Å²) >= 11 is 0. The monoisotopic (exact) mass is 781 g/mol. The molecule has 0 radical (unpaired) electrons. The van der Waals surface area contributed by atoms with Gasteiger partial charge in [-0.15, -0.1) is 0 Å². The Morgan fingerprint density at radius 2 is 1.42 bits per heavy atom. The van der Waals surface area contributed by atoms with Crippen molar-refractivity contribution >= 4 is 57.9 Å². The predicted molar refractivity (Wildman–Crippen MR) is 210 cm³/mol. The number of hydrogen-bond acceptors (Lipinski definition) is 11. The first-order valence-electron chi connectivity index (χ1n) is 18.5. The van der Waals surface area contributed by atoms with Crippen molar-refractivity contribution in [3.63, 3.8) is 0 Å². The Hall–Kier alpha value is -6.18. The van der Waals surface area contributed by atoms with Gasteiger partial charge < -0.3 is 23.7 Å². The number of esters is 2. The largest absolute Gasteiger partial charge is 0.465 e. The molecule has 3 atom stereocenters. The fraction of sp³-hybridized carbons (Fsp3) is 0.395. The number of fused-ring (bicyclic) bond motifs is 2. The number of benzene rings is 2. The van der Waals surface area contributed by atoms with Gasteiger partial charge in [-0.1, -0.05) is 36.4 Å². The number of aromatic nitrogens is 2. The summed E-state index contributed by atoms with van der Waals surface area (Å²) in [5, 5.41) is 0.841. The first kappa shape index (κ1) is 40.5. The van der Waals surface area contributed by atoms with E-state index in [0.29, 0.717) is 43.4 Å². The van der Waals surface area contributed by atoms with Gasteiger partial charge >= 0.3 is 30.2 Å². The van der Waals surface area contributed by atoms with Crippen LogP contribution in [0.2, 0.25) is 0 Å². The van der Waals surface area contributed by atoms with Crippen LogP contribution in [-0.2, 0) is 34.9 Å². The Morgan fingerprint density at radius 1 is 0.789 bits per heavy atom. The fourth-order valence-corrected chi connectivity index (χ4v) is 6.89. The maximum absolute atomic E-state index is 14.7. The maximum Gasteiger partial charge on any atom is 0.420 e. The fourth-order valence-electron chi connectivity index (χ4n) is 6.89. The zero-order valence-corrected chi connectivity index (χ0v) is 33.7. The Balaban J connectivity index is 1.71. The van der Waals surface area contributed by atoms with Crippen LogP contribution in [0.15, 0.2) is 73.1 Å². The lowest BCUT2D eigenvalue weighted by atomic mass is 9.93. The quantitative estimate of drug-likeness (QED) is 0.142. The molecule has 2 aromatic heterocycles. The number of carbonyl (C=O) groups is 6. The van der Waals surface area contributed by atoms with E-state index in [1.54, 1.807) is 117 Å². The molecule has 57 heavy (non-hydrogen) atoms. The third-order valence-corrected chi connectivity index (χ3v) is 9.08. The molecule has 2 aromatic carbocycles. The van der Waals surface area contributed by atoms with Gasteiger partial charge in [-0.2, -0.15) is 4.90 Å². The lowest BCUT2D eigenvalue weighted by Crippen LogP contribution is -2.54. The molecule has 0 saturated heterocycles. The highest BCUT2D eigenvalue weighted by atomic mass is 16.6. The minimum atomic E-state index is -1.74. The third-order valence-electron chi connectivity index (χ3n) is 9.08. The molecule has 1 aliphatic carbocycles. The molecule has 0 fully saturated rings. The zero-order chi connectivity index (χ0) is 41.8. The summed E-state index contributed by atoms with van der Waals surface area (Å²) in [6.07, 6.45) is 4.72. The second-order valence-corrected chi connectivity index (χ2v) is 16.9. The second-order valence-electron chi connectivity index (χ2n) is 16.9. The van der Waals surface area contributed by atoms with Crippen LogP contribution in [0.3, 0.4) is 0 Å². The summed E-state index contributed by atoms with van der Waals surface area (Å²) in [6, 6.07) is 8.36. The Bertz CT molecular complexity index is 2350. The van der Waals surface area contributed by atoms with Crippen molar-refractivity contribution < 1.29 is 52.5 Å². The lowest BCUT2D eigenvalue weighted by Gasteiger charge is -2.33. The highest BCUT2D eigenvalue weighted by molar-refractivity contribution is 6.14. The van der Waals surface area contributed by atoms with E-state index in [2.05, 4.69) is 0 Å². The maximum atomic E-state index is 14.7. The van der Waals surface area contributed by atoms with E-state index >= 15 is 0 Å². The summed E-state index contributed by atoms with van der Waals surface area (Å²) in [4.78, 5) is 85.1. The molecule has 0 N–H and O–H groups in total. The average molecular weight is 782 g/mol. The second kappa shape index (κ2) is 14.7. The molecular formula is C43H47N3O11. The molecule has 4 aromatic rings. The molecule has 14 nitrogen and oxygen atoms in total. The average Bonchev–Trinajstić information content (AvgIpc) is 3.71. The summed E-state index contributed by atoms with van der Waals surface area (Å²) in [6.45, 7) is 14.8. The summed E-state index contributed by atoms with van der Waals surface area (Å²) in [7, 11) is 1.26. The normalized spacial score (nSPS) is 18.5. The van der Waals surface area contributed by atoms with Crippen molar-refractivity contribution in [2.24, 2.45) is 5.92 Å². The minimum absolute atomic E-state index is 0.207. The molecule has 0 spiro atoms. The SMILES string of the molecule is COC(=O)c1ccc2c3c1ccn3C(=O)C1C=CC=CC1OC(=O)[C@H](N(C(=O)OC(C)(C)C)C(=O)OC(C)(C)C)Cc1cn(C(=O)OC(C)(C)C)c3cccc-2c13. The number of ether oxygens (including phenoxy) is 5. The molecule has 300 valence electrons.